The van der Waals surface area contributed by atoms with E-state index in [0.29, 0.717) is 11.2 Å². The first-order chi connectivity index (χ1) is 11.2. The van der Waals surface area contributed by atoms with Gasteiger partial charge < -0.3 is 10.6 Å². The standard InChI is InChI=1S/C17H20FN3OS/c18-13-8-6-12(7-9-13)15-11-23-17(21-15)19-10-16(22)20-14-4-2-1-3-5-14/h6-9,11,14H,1-5,10H2,(H,19,21)(H,20,22). The van der Waals surface area contributed by atoms with E-state index in [9.17, 15) is 9.18 Å². The zero-order valence-corrected chi connectivity index (χ0v) is 13.7. The van der Waals surface area contributed by atoms with E-state index in [0.717, 1.165) is 24.1 Å². The van der Waals surface area contributed by atoms with E-state index in [-0.39, 0.29) is 18.3 Å². The minimum absolute atomic E-state index is 0.00966. The van der Waals surface area contributed by atoms with Crippen LogP contribution >= 0.6 is 11.3 Å². The molecule has 2 aromatic rings. The highest BCUT2D eigenvalue weighted by Gasteiger charge is 2.15. The molecule has 1 aromatic carbocycles. The first-order valence-corrected chi connectivity index (χ1v) is 8.83. The molecule has 1 heterocycles. The number of carbonyl (C=O) groups is 1. The Morgan fingerprint density at radius 1 is 1.22 bits per heavy atom. The molecule has 1 aromatic heterocycles. The average Bonchev–Trinajstić information content (AvgIpc) is 3.04. The number of hydrogen-bond acceptors (Lipinski definition) is 4. The lowest BCUT2D eigenvalue weighted by molar-refractivity contribution is -0.120. The molecule has 0 bridgehead atoms. The predicted molar refractivity (Wildman–Crippen MR) is 91.0 cm³/mol. The zero-order valence-electron chi connectivity index (χ0n) is 12.8. The molecule has 4 nitrogen and oxygen atoms in total. The van der Waals surface area contributed by atoms with Crippen LogP contribution in [0.5, 0.6) is 0 Å². The summed E-state index contributed by atoms with van der Waals surface area (Å²) in [6, 6.07) is 6.55. The van der Waals surface area contributed by atoms with Crippen LogP contribution in [0.3, 0.4) is 0 Å². The summed E-state index contributed by atoms with van der Waals surface area (Å²) in [5, 5.41) is 8.72. The van der Waals surface area contributed by atoms with Crippen molar-refractivity contribution in [3.8, 4) is 11.3 Å². The van der Waals surface area contributed by atoms with Crippen molar-refractivity contribution in [1.29, 1.82) is 0 Å². The van der Waals surface area contributed by atoms with E-state index in [1.807, 2.05) is 5.38 Å². The molecule has 0 aliphatic heterocycles. The summed E-state index contributed by atoms with van der Waals surface area (Å²) in [5.74, 6) is -0.253. The molecule has 2 N–H and O–H groups in total. The van der Waals surface area contributed by atoms with Gasteiger partial charge in [0.15, 0.2) is 5.13 Å². The Labute approximate surface area is 139 Å². The summed E-state index contributed by atoms with van der Waals surface area (Å²) in [5.41, 5.74) is 1.65. The first kappa shape index (κ1) is 15.9. The first-order valence-electron chi connectivity index (χ1n) is 7.95. The van der Waals surface area contributed by atoms with Crippen molar-refractivity contribution in [2.24, 2.45) is 0 Å². The molecule has 1 fully saturated rings. The maximum atomic E-state index is 12.9. The Bertz CT molecular complexity index is 650. The minimum Gasteiger partial charge on any atom is -0.352 e. The Morgan fingerprint density at radius 3 is 2.70 bits per heavy atom. The van der Waals surface area contributed by atoms with Crippen molar-refractivity contribution in [1.82, 2.24) is 10.3 Å². The number of hydrogen-bond donors (Lipinski definition) is 2. The van der Waals surface area contributed by atoms with Gasteiger partial charge in [0.25, 0.3) is 0 Å². The van der Waals surface area contributed by atoms with Crippen LogP contribution in [0.2, 0.25) is 0 Å². The highest BCUT2D eigenvalue weighted by Crippen LogP contribution is 2.24. The highest BCUT2D eigenvalue weighted by molar-refractivity contribution is 7.14. The second-order valence-electron chi connectivity index (χ2n) is 5.80. The largest absolute Gasteiger partial charge is 0.352 e. The molecule has 122 valence electrons. The lowest BCUT2D eigenvalue weighted by Crippen LogP contribution is -2.39. The van der Waals surface area contributed by atoms with Gasteiger partial charge in [-0.05, 0) is 37.1 Å². The van der Waals surface area contributed by atoms with Gasteiger partial charge in [-0.1, -0.05) is 19.3 Å². The molecule has 0 radical (unpaired) electrons. The smallest absolute Gasteiger partial charge is 0.239 e. The van der Waals surface area contributed by atoms with Crippen LogP contribution in [0.4, 0.5) is 9.52 Å². The van der Waals surface area contributed by atoms with Gasteiger partial charge in [-0.3, -0.25) is 4.79 Å². The third kappa shape index (κ3) is 4.51. The monoisotopic (exact) mass is 333 g/mol. The number of thiazole rings is 1. The third-order valence-electron chi connectivity index (χ3n) is 4.01. The number of amides is 1. The number of carbonyl (C=O) groups excluding carboxylic acids is 1. The molecule has 1 amide bonds. The van der Waals surface area contributed by atoms with Crippen LogP contribution in [0, 0.1) is 5.82 Å². The van der Waals surface area contributed by atoms with Crippen LogP contribution in [-0.2, 0) is 4.79 Å². The number of benzene rings is 1. The van der Waals surface area contributed by atoms with Crippen molar-refractivity contribution in [3.63, 3.8) is 0 Å². The second-order valence-corrected chi connectivity index (χ2v) is 6.66. The number of anilines is 1. The molecule has 0 unspecified atom stereocenters. The SMILES string of the molecule is O=C(CNc1nc(-c2ccc(F)cc2)cs1)NC1CCCCC1. The third-order valence-corrected chi connectivity index (χ3v) is 4.81. The van der Waals surface area contributed by atoms with Gasteiger partial charge in [0.2, 0.25) is 5.91 Å². The number of nitrogens with zero attached hydrogens (tertiary/aromatic N) is 1. The Kier molecular flexibility index (Phi) is 5.23. The summed E-state index contributed by atoms with van der Waals surface area (Å²) in [6.07, 6.45) is 5.84. The molecule has 1 aliphatic carbocycles. The number of halogens is 1. The number of rotatable bonds is 5. The van der Waals surface area contributed by atoms with Crippen molar-refractivity contribution in [2.45, 2.75) is 38.1 Å². The zero-order chi connectivity index (χ0) is 16.1. The molecule has 0 atom stereocenters. The summed E-state index contributed by atoms with van der Waals surface area (Å²) < 4.78 is 12.9. The molecule has 1 aliphatic rings. The molecule has 3 rings (SSSR count). The van der Waals surface area contributed by atoms with Crippen LogP contribution in [0.15, 0.2) is 29.6 Å². The van der Waals surface area contributed by atoms with Gasteiger partial charge in [-0.25, -0.2) is 9.37 Å². The van der Waals surface area contributed by atoms with Gasteiger partial charge in [0, 0.05) is 17.0 Å². The maximum Gasteiger partial charge on any atom is 0.239 e. The fraction of sp³-hybridized carbons (Fsp3) is 0.412. The molecule has 6 heteroatoms. The second kappa shape index (κ2) is 7.55. The van der Waals surface area contributed by atoms with Crippen molar-refractivity contribution < 1.29 is 9.18 Å². The summed E-state index contributed by atoms with van der Waals surface area (Å²) in [7, 11) is 0. The summed E-state index contributed by atoms with van der Waals surface area (Å²) >= 11 is 1.44. The Hall–Kier alpha value is -1.95. The molecular formula is C17H20FN3OS. The van der Waals surface area contributed by atoms with Gasteiger partial charge in [-0.15, -0.1) is 11.3 Å². The minimum atomic E-state index is -0.262. The number of aromatic nitrogens is 1. The van der Waals surface area contributed by atoms with Gasteiger partial charge in [0.05, 0.1) is 12.2 Å². The summed E-state index contributed by atoms with van der Waals surface area (Å²) in [6.45, 7) is 0.229. The molecule has 1 saturated carbocycles. The van der Waals surface area contributed by atoms with E-state index in [1.54, 1.807) is 12.1 Å². The predicted octanol–water partition coefficient (Wildman–Crippen LogP) is 3.81. The lowest BCUT2D eigenvalue weighted by Gasteiger charge is -2.22. The van der Waals surface area contributed by atoms with Gasteiger partial charge in [0.1, 0.15) is 5.82 Å². The van der Waals surface area contributed by atoms with E-state index < -0.39 is 0 Å². The summed E-state index contributed by atoms with van der Waals surface area (Å²) in [4.78, 5) is 16.4. The lowest BCUT2D eigenvalue weighted by atomic mass is 9.95. The van der Waals surface area contributed by atoms with Crippen molar-refractivity contribution in [3.05, 3.63) is 35.5 Å². The van der Waals surface area contributed by atoms with E-state index in [2.05, 4.69) is 15.6 Å². The molecule has 0 saturated heterocycles. The molecular weight excluding hydrogens is 313 g/mol. The quantitative estimate of drug-likeness (QED) is 0.875. The van der Waals surface area contributed by atoms with E-state index >= 15 is 0 Å². The van der Waals surface area contributed by atoms with Crippen LogP contribution in [-0.4, -0.2) is 23.5 Å². The fourth-order valence-corrected chi connectivity index (χ4v) is 3.51. The van der Waals surface area contributed by atoms with Crippen molar-refractivity contribution >= 4 is 22.4 Å². The molecule has 0 spiro atoms. The normalized spacial score (nSPS) is 15.3. The van der Waals surface area contributed by atoms with E-state index in [1.165, 1.54) is 42.7 Å². The van der Waals surface area contributed by atoms with Crippen LogP contribution < -0.4 is 10.6 Å². The fourth-order valence-electron chi connectivity index (χ4n) is 2.79. The highest BCUT2D eigenvalue weighted by atomic mass is 32.1. The molecule has 23 heavy (non-hydrogen) atoms. The van der Waals surface area contributed by atoms with Crippen LogP contribution in [0.25, 0.3) is 11.3 Å². The Balaban J connectivity index is 1.50. The van der Waals surface area contributed by atoms with Crippen molar-refractivity contribution in [2.75, 3.05) is 11.9 Å². The van der Waals surface area contributed by atoms with Gasteiger partial charge in [-0.2, -0.15) is 0 Å². The maximum absolute atomic E-state index is 12.9. The van der Waals surface area contributed by atoms with Gasteiger partial charge >= 0.3 is 0 Å². The topological polar surface area (TPSA) is 54.0 Å². The average molecular weight is 333 g/mol. The van der Waals surface area contributed by atoms with Crippen LogP contribution in [0.1, 0.15) is 32.1 Å². The number of nitrogens with one attached hydrogen (secondary N) is 2. The Morgan fingerprint density at radius 2 is 1.96 bits per heavy atom. The van der Waals surface area contributed by atoms with E-state index in [4.69, 9.17) is 0 Å².